The van der Waals surface area contributed by atoms with Crippen LogP contribution in [0.1, 0.15) is 29.9 Å². The van der Waals surface area contributed by atoms with Crippen molar-refractivity contribution in [2.24, 2.45) is 0 Å². The Labute approximate surface area is 136 Å². The topological polar surface area (TPSA) is 96.4 Å². The fourth-order valence-electron chi connectivity index (χ4n) is 2.36. The Balaban J connectivity index is 1.96. The van der Waals surface area contributed by atoms with Gasteiger partial charge < -0.3 is 10.2 Å². The first kappa shape index (κ1) is 17.4. The number of carbonyl (C=O) groups excluding carboxylic acids is 2. The zero-order valence-corrected chi connectivity index (χ0v) is 14.1. The van der Waals surface area contributed by atoms with Crippen molar-refractivity contribution in [1.82, 2.24) is 15.2 Å². The van der Waals surface area contributed by atoms with Crippen LogP contribution in [0.25, 0.3) is 0 Å². The van der Waals surface area contributed by atoms with Crippen LogP contribution in [0.15, 0.2) is 18.3 Å². The predicted octanol–water partition coefficient (Wildman–Crippen LogP) is 0.0193. The standard InChI is InChI=1S/C15H21N3O4S/c1-3-12-4-5-16-13(10-12)14(19)17-11(2)15(20)18-6-8-23(21,22)9-7-18/h4-5,10-11H,3,6-9H2,1-2H3,(H,17,19). The van der Waals surface area contributed by atoms with Crippen LogP contribution in [0.5, 0.6) is 0 Å². The van der Waals surface area contributed by atoms with Crippen LogP contribution in [-0.4, -0.2) is 60.8 Å². The number of carbonyl (C=O) groups is 2. The lowest BCUT2D eigenvalue weighted by atomic mass is 10.1. The number of aromatic nitrogens is 1. The molecule has 1 N–H and O–H groups in total. The van der Waals surface area contributed by atoms with E-state index in [1.807, 2.05) is 13.0 Å². The molecule has 0 saturated carbocycles. The molecule has 1 aromatic heterocycles. The van der Waals surface area contributed by atoms with Crippen molar-refractivity contribution in [2.75, 3.05) is 24.6 Å². The van der Waals surface area contributed by atoms with Crippen molar-refractivity contribution in [3.63, 3.8) is 0 Å². The first-order chi connectivity index (χ1) is 10.8. The maximum Gasteiger partial charge on any atom is 0.270 e. The molecule has 0 spiro atoms. The molecule has 2 rings (SSSR count). The average molecular weight is 339 g/mol. The van der Waals surface area contributed by atoms with Gasteiger partial charge in [0.15, 0.2) is 9.84 Å². The number of sulfone groups is 1. The van der Waals surface area contributed by atoms with E-state index in [2.05, 4.69) is 10.3 Å². The van der Waals surface area contributed by atoms with Gasteiger partial charge in [-0.15, -0.1) is 0 Å². The second-order valence-electron chi connectivity index (χ2n) is 5.58. The highest BCUT2D eigenvalue weighted by molar-refractivity contribution is 7.91. The summed E-state index contributed by atoms with van der Waals surface area (Å²) in [5.74, 6) is -0.746. The van der Waals surface area contributed by atoms with E-state index in [0.717, 1.165) is 12.0 Å². The van der Waals surface area contributed by atoms with Crippen LogP contribution in [0.4, 0.5) is 0 Å². The minimum Gasteiger partial charge on any atom is -0.339 e. The summed E-state index contributed by atoms with van der Waals surface area (Å²) in [7, 11) is -3.04. The Morgan fingerprint density at radius 3 is 2.61 bits per heavy atom. The van der Waals surface area contributed by atoms with Gasteiger partial charge in [0.25, 0.3) is 5.91 Å². The van der Waals surface area contributed by atoms with Crippen molar-refractivity contribution in [3.8, 4) is 0 Å². The van der Waals surface area contributed by atoms with Gasteiger partial charge in [0.1, 0.15) is 11.7 Å². The Hall–Kier alpha value is -1.96. The Kier molecular flexibility index (Phi) is 5.35. The van der Waals surface area contributed by atoms with Crippen LogP contribution in [0, 0.1) is 0 Å². The van der Waals surface area contributed by atoms with Gasteiger partial charge in [-0.2, -0.15) is 0 Å². The molecule has 1 saturated heterocycles. The molecule has 1 atom stereocenters. The van der Waals surface area contributed by atoms with Crippen molar-refractivity contribution in [1.29, 1.82) is 0 Å². The summed E-state index contributed by atoms with van der Waals surface area (Å²) in [5.41, 5.74) is 1.26. The third-order valence-electron chi connectivity index (χ3n) is 3.84. The predicted molar refractivity (Wildman–Crippen MR) is 85.8 cm³/mol. The molecule has 8 heteroatoms. The molecular weight excluding hydrogens is 318 g/mol. The minimum absolute atomic E-state index is 0.0283. The molecule has 7 nitrogen and oxygen atoms in total. The number of rotatable bonds is 4. The Bertz CT molecular complexity index is 688. The lowest BCUT2D eigenvalue weighted by molar-refractivity contribution is -0.132. The van der Waals surface area contributed by atoms with Crippen molar-refractivity contribution >= 4 is 21.7 Å². The molecule has 0 aliphatic carbocycles. The number of hydrogen-bond acceptors (Lipinski definition) is 5. The molecule has 126 valence electrons. The maximum atomic E-state index is 12.3. The number of aryl methyl sites for hydroxylation is 1. The molecule has 0 aromatic carbocycles. The summed E-state index contributed by atoms with van der Waals surface area (Å²) < 4.78 is 22.8. The lowest BCUT2D eigenvalue weighted by Gasteiger charge is -2.29. The van der Waals surface area contributed by atoms with Crippen molar-refractivity contribution in [2.45, 2.75) is 26.3 Å². The van der Waals surface area contributed by atoms with Gasteiger partial charge in [0, 0.05) is 19.3 Å². The number of pyridine rings is 1. The smallest absolute Gasteiger partial charge is 0.270 e. The lowest BCUT2D eigenvalue weighted by Crippen LogP contribution is -2.51. The van der Waals surface area contributed by atoms with E-state index in [1.54, 1.807) is 19.2 Å². The first-order valence-electron chi connectivity index (χ1n) is 7.57. The molecular formula is C15H21N3O4S. The molecule has 0 radical (unpaired) electrons. The largest absolute Gasteiger partial charge is 0.339 e. The molecule has 1 unspecified atom stereocenters. The third-order valence-corrected chi connectivity index (χ3v) is 5.45. The van der Waals surface area contributed by atoms with E-state index in [1.165, 1.54) is 4.90 Å². The number of nitrogens with zero attached hydrogens (tertiary/aromatic N) is 2. The van der Waals surface area contributed by atoms with Gasteiger partial charge in [-0.1, -0.05) is 6.92 Å². The van der Waals surface area contributed by atoms with Gasteiger partial charge in [-0.25, -0.2) is 8.42 Å². The first-order valence-corrected chi connectivity index (χ1v) is 9.39. The summed E-state index contributed by atoms with van der Waals surface area (Å²) in [6.45, 7) is 3.91. The van der Waals surface area contributed by atoms with Gasteiger partial charge >= 0.3 is 0 Å². The van der Waals surface area contributed by atoms with Crippen molar-refractivity contribution in [3.05, 3.63) is 29.6 Å². The molecule has 0 bridgehead atoms. The highest BCUT2D eigenvalue weighted by Gasteiger charge is 2.28. The van der Waals surface area contributed by atoms with Gasteiger partial charge in [-0.05, 0) is 31.0 Å². The number of amides is 2. The van der Waals surface area contributed by atoms with E-state index in [9.17, 15) is 18.0 Å². The van der Waals surface area contributed by atoms with E-state index in [-0.39, 0.29) is 36.2 Å². The SMILES string of the molecule is CCc1ccnc(C(=O)NC(C)C(=O)N2CCS(=O)(=O)CC2)c1. The molecule has 1 aliphatic heterocycles. The second-order valence-corrected chi connectivity index (χ2v) is 7.88. The van der Waals surface area contributed by atoms with E-state index < -0.39 is 21.8 Å². The maximum absolute atomic E-state index is 12.3. The quantitative estimate of drug-likeness (QED) is 0.834. The van der Waals surface area contributed by atoms with Gasteiger partial charge in [-0.3, -0.25) is 14.6 Å². The molecule has 1 fully saturated rings. The van der Waals surface area contributed by atoms with Gasteiger partial charge in [0.2, 0.25) is 5.91 Å². The number of nitrogens with one attached hydrogen (secondary N) is 1. The third kappa shape index (κ3) is 4.51. The molecule has 23 heavy (non-hydrogen) atoms. The summed E-state index contributed by atoms with van der Waals surface area (Å²) in [6.07, 6.45) is 2.36. The zero-order chi connectivity index (χ0) is 17.0. The second kappa shape index (κ2) is 7.08. The van der Waals surface area contributed by atoms with Crippen LogP contribution in [-0.2, 0) is 21.1 Å². The number of hydrogen-bond donors (Lipinski definition) is 1. The fraction of sp³-hybridized carbons (Fsp3) is 0.533. The Morgan fingerprint density at radius 1 is 1.35 bits per heavy atom. The summed E-state index contributed by atoms with van der Waals surface area (Å²) >= 11 is 0. The molecule has 2 heterocycles. The van der Waals surface area contributed by atoms with E-state index in [0.29, 0.717) is 0 Å². The van der Waals surface area contributed by atoms with Crippen LogP contribution >= 0.6 is 0 Å². The zero-order valence-electron chi connectivity index (χ0n) is 13.3. The van der Waals surface area contributed by atoms with Crippen LogP contribution < -0.4 is 5.32 Å². The fourth-order valence-corrected chi connectivity index (χ4v) is 3.56. The summed E-state index contributed by atoms with van der Waals surface area (Å²) in [4.78, 5) is 30.0. The van der Waals surface area contributed by atoms with Crippen LogP contribution in [0.3, 0.4) is 0 Å². The van der Waals surface area contributed by atoms with E-state index in [4.69, 9.17) is 0 Å². The molecule has 2 amide bonds. The minimum atomic E-state index is -3.04. The summed E-state index contributed by atoms with van der Waals surface area (Å²) in [6, 6.07) is 2.80. The molecule has 1 aromatic rings. The molecule has 1 aliphatic rings. The Morgan fingerprint density at radius 2 is 2.00 bits per heavy atom. The average Bonchev–Trinajstić information content (AvgIpc) is 2.54. The highest BCUT2D eigenvalue weighted by atomic mass is 32.2. The monoisotopic (exact) mass is 339 g/mol. The van der Waals surface area contributed by atoms with Crippen molar-refractivity contribution < 1.29 is 18.0 Å². The summed E-state index contributed by atoms with van der Waals surface area (Å²) in [5, 5.41) is 2.62. The highest BCUT2D eigenvalue weighted by Crippen LogP contribution is 2.07. The van der Waals surface area contributed by atoms with E-state index >= 15 is 0 Å². The van der Waals surface area contributed by atoms with Gasteiger partial charge in [0.05, 0.1) is 11.5 Å². The normalized spacial score (nSPS) is 18.3. The van der Waals surface area contributed by atoms with Crippen LogP contribution in [0.2, 0.25) is 0 Å².